The first-order valence-electron chi connectivity index (χ1n) is 10.3. The summed E-state index contributed by atoms with van der Waals surface area (Å²) in [6.07, 6.45) is 0. The van der Waals surface area contributed by atoms with E-state index in [0.717, 1.165) is 30.3 Å². The number of nitrogens with one attached hydrogen (secondary N) is 1. The fraction of sp³-hybridized carbons (Fsp3) is 0. The lowest BCUT2D eigenvalue weighted by Gasteiger charge is -2.14. The summed E-state index contributed by atoms with van der Waals surface area (Å²) in [5.41, 5.74) is 3.87. The molecule has 3 N–H and O–H groups in total. The monoisotopic (exact) mass is 533 g/mol. The fourth-order valence-corrected chi connectivity index (χ4v) is 4.85. The van der Waals surface area contributed by atoms with Crippen molar-refractivity contribution in [2.75, 3.05) is 0 Å². The first-order chi connectivity index (χ1) is 18.1. The predicted octanol–water partition coefficient (Wildman–Crippen LogP) is 1.36. The topological polar surface area (TPSA) is 224 Å². The number of nitrogens with zero attached hydrogens (tertiary/aromatic N) is 5. The maximum Gasteiger partial charge on any atom is 0.339 e. The summed E-state index contributed by atoms with van der Waals surface area (Å²) >= 11 is 0. The average Bonchev–Trinajstić information content (AvgIpc) is 2.88. The molecule has 0 saturated carbocycles. The van der Waals surface area contributed by atoms with Crippen LogP contribution in [0.5, 0.6) is 17.2 Å². The molecule has 0 aliphatic heterocycles. The van der Waals surface area contributed by atoms with Crippen molar-refractivity contribution in [3.05, 3.63) is 108 Å². The summed E-state index contributed by atoms with van der Waals surface area (Å²) in [5.74, 6) is -3.02. The molecule has 0 spiro atoms. The van der Waals surface area contributed by atoms with Gasteiger partial charge in [-0.05, 0) is 6.07 Å². The van der Waals surface area contributed by atoms with Crippen LogP contribution in [0.3, 0.4) is 0 Å². The zero-order valence-corrected chi connectivity index (χ0v) is 19.6. The van der Waals surface area contributed by atoms with Gasteiger partial charge in [-0.25, -0.2) is 0 Å². The van der Waals surface area contributed by atoms with Crippen molar-refractivity contribution in [2.24, 2.45) is 15.4 Å². The zero-order valence-electron chi connectivity index (χ0n) is 18.8. The maximum atomic E-state index is 13.5. The van der Waals surface area contributed by atoms with E-state index in [1.165, 1.54) is 24.3 Å². The highest BCUT2D eigenvalue weighted by molar-refractivity contribution is 7.87. The Kier molecular flexibility index (Phi) is 6.56. The molecule has 0 aromatic heterocycles. The van der Waals surface area contributed by atoms with Crippen LogP contribution in [0.15, 0.2) is 90.6 Å². The molecule has 0 aliphatic carbocycles. The second kappa shape index (κ2) is 9.79. The Morgan fingerprint density at radius 1 is 0.974 bits per heavy atom. The van der Waals surface area contributed by atoms with Crippen LogP contribution in [-0.2, 0) is 10.1 Å². The van der Waals surface area contributed by atoms with Crippen LogP contribution in [0.25, 0.3) is 15.9 Å². The number of carbonyl (C=O) groups excluding carboxylic acids is 1. The van der Waals surface area contributed by atoms with Gasteiger partial charge in [0.25, 0.3) is 10.8 Å². The van der Waals surface area contributed by atoms with Gasteiger partial charge in [0.05, 0.1) is 0 Å². The number of diazo groups is 1. The zero-order chi connectivity index (χ0) is 27.6. The number of hydrogen-bond acceptors (Lipinski definition) is 12. The molecule has 38 heavy (non-hydrogen) atoms. The Balaban J connectivity index is 2.03. The number of phenolic OH excluding ortho intramolecular Hbond substituents is 2. The summed E-state index contributed by atoms with van der Waals surface area (Å²) in [7, 11) is -5.03. The highest BCUT2D eigenvalue weighted by Crippen LogP contribution is 2.36. The summed E-state index contributed by atoms with van der Waals surface area (Å²) in [5, 5.41) is 38.5. The maximum absolute atomic E-state index is 13.5. The van der Waals surface area contributed by atoms with Crippen LogP contribution in [0.1, 0.15) is 15.9 Å². The van der Waals surface area contributed by atoms with Crippen molar-refractivity contribution >= 4 is 26.7 Å². The lowest BCUT2D eigenvalue weighted by atomic mass is 10.0. The van der Waals surface area contributed by atoms with E-state index >= 15 is 0 Å². The number of fused-ring (bicyclic) bond motifs is 1. The molecule has 0 saturated heterocycles. The molecular formula is C23H13N6O8S+. The highest BCUT2D eigenvalue weighted by atomic mass is 32.2. The van der Waals surface area contributed by atoms with E-state index in [1.54, 1.807) is 6.07 Å². The van der Waals surface area contributed by atoms with Gasteiger partial charge in [0.15, 0.2) is 21.6 Å². The number of carbonyl (C=O) groups is 1. The lowest BCUT2D eigenvalue weighted by Crippen LogP contribution is -2.48. The third-order valence-electron chi connectivity index (χ3n) is 5.25. The van der Waals surface area contributed by atoms with E-state index < -0.39 is 76.0 Å². The van der Waals surface area contributed by atoms with Gasteiger partial charge in [0, 0.05) is 28.5 Å². The van der Waals surface area contributed by atoms with Gasteiger partial charge < -0.3 is 14.4 Å². The Morgan fingerprint density at radius 2 is 1.68 bits per heavy atom. The third kappa shape index (κ3) is 4.38. The molecule has 188 valence electrons. The van der Waals surface area contributed by atoms with Gasteiger partial charge in [-0.1, -0.05) is 47.7 Å². The molecule has 0 radical (unpaired) electrons. The molecule has 0 atom stereocenters. The smallest absolute Gasteiger partial charge is 0.339 e. The fourth-order valence-electron chi connectivity index (χ4n) is 3.69. The molecule has 14 nitrogen and oxygen atoms in total. The van der Waals surface area contributed by atoms with Gasteiger partial charge in [-0.2, -0.15) is 13.9 Å². The normalized spacial score (nSPS) is 12.3. The lowest BCUT2D eigenvalue weighted by molar-refractivity contribution is 0.103. The number of aromatic hydroxyl groups is 2. The molecule has 0 aliphatic rings. The molecular weight excluding hydrogens is 520 g/mol. The standard InChI is InChI=1S/C23H12N6O8S/c24-28-26-19-17-13(22(33)23(34)20(19)27-29-25)7-4-8-16(17)38(35,36)37-15-10-12(30)9-14(31)18(15)21(32)11-5-2-1-3-6-11/h1-10,25H,(H-,30,31,32)/p+1. The number of rotatable bonds is 6. The minimum atomic E-state index is -5.03. The summed E-state index contributed by atoms with van der Waals surface area (Å²) in [6.45, 7) is 0. The van der Waals surface area contributed by atoms with Gasteiger partial charge >= 0.3 is 15.2 Å². The van der Waals surface area contributed by atoms with Gasteiger partial charge in [0.2, 0.25) is 11.2 Å². The summed E-state index contributed by atoms with van der Waals surface area (Å²) < 4.78 is 32.1. The van der Waals surface area contributed by atoms with Crippen molar-refractivity contribution in [3.8, 4) is 17.2 Å². The van der Waals surface area contributed by atoms with Crippen molar-refractivity contribution in [1.82, 2.24) is 0 Å². The third-order valence-corrected chi connectivity index (χ3v) is 6.52. The Labute approximate surface area is 211 Å². The van der Waals surface area contributed by atoms with Crippen LogP contribution in [0, 0.1) is 10.9 Å². The van der Waals surface area contributed by atoms with Crippen LogP contribution in [0.4, 0.5) is 0 Å². The first-order valence-corrected chi connectivity index (χ1v) is 11.7. The van der Waals surface area contributed by atoms with Gasteiger partial charge in [-0.3, -0.25) is 14.4 Å². The van der Waals surface area contributed by atoms with Crippen LogP contribution >= 0.6 is 0 Å². The second-order valence-corrected chi connectivity index (χ2v) is 9.01. The van der Waals surface area contributed by atoms with E-state index in [2.05, 4.69) is 20.5 Å². The van der Waals surface area contributed by atoms with Crippen molar-refractivity contribution < 1.29 is 27.6 Å². The van der Waals surface area contributed by atoms with Gasteiger partial charge in [0.1, 0.15) is 22.0 Å². The molecule has 15 heteroatoms. The SMILES string of the molecule is N#[N+]N=c1c(=NN=N)c(=O)c(=O)c2cccc(S(=O)(=O)Oc3cc(O)cc(O)c3C(=O)c3ccccc3)c12. The summed E-state index contributed by atoms with van der Waals surface area (Å²) in [6, 6.07) is 12.3. The van der Waals surface area contributed by atoms with E-state index in [1.807, 2.05) is 0 Å². The molecule has 0 bridgehead atoms. The Hall–Kier alpha value is -5.62. The molecule has 0 unspecified atom stereocenters. The molecule has 4 aromatic rings. The van der Waals surface area contributed by atoms with Crippen molar-refractivity contribution in [2.45, 2.75) is 4.90 Å². The van der Waals surface area contributed by atoms with Crippen LogP contribution in [-0.4, -0.2) is 24.4 Å². The molecule has 0 fully saturated rings. The van der Waals surface area contributed by atoms with E-state index in [4.69, 9.17) is 15.1 Å². The predicted molar refractivity (Wildman–Crippen MR) is 128 cm³/mol. The average molecular weight is 533 g/mol. The van der Waals surface area contributed by atoms with Crippen molar-refractivity contribution in [1.29, 1.82) is 10.9 Å². The van der Waals surface area contributed by atoms with Crippen LogP contribution < -0.4 is 25.8 Å². The molecule has 4 aromatic carbocycles. The molecule has 0 amide bonds. The Morgan fingerprint density at radius 3 is 2.34 bits per heavy atom. The largest absolute Gasteiger partial charge is 0.508 e. The number of ketones is 1. The number of benzene rings is 4. The first kappa shape index (κ1) is 25.5. The van der Waals surface area contributed by atoms with Gasteiger partial charge in [-0.15, -0.1) is 5.10 Å². The quantitative estimate of drug-likeness (QED) is 0.0811. The highest BCUT2D eigenvalue weighted by Gasteiger charge is 2.29. The minimum absolute atomic E-state index is 0.0657. The van der Waals surface area contributed by atoms with E-state index in [-0.39, 0.29) is 5.56 Å². The molecule has 0 heterocycles. The van der Waals surface area contributed by atoms with Crippen molar-refractivity contribution in [3.63, 3.8) is 0 Å². The Bertz CT molecular complexity index is 2030. The molecule has 4 rings (SSSR count). The second-order valence-electron chi connectivity index (χ2n) is 7.49. The van der Waals surface area contributed by atoms with Crippen LogP contribution in [0.2, 0.25) is 0 Å². The van der Waals surface area contributed by atoms with E-state index in [9.17, 15) is 33.0 Å². The number of hydrogen-bond donors (Lipinski definition) is 3. The minimum Gasteiger partial charge on any atom is -0.508 e. The van der Waals surface area contributed by atoms with E-state index in [0.29, 0.717) is 0 Å². The number of phenols is 2. The summed E-state index contributed by atoms with van der Waals surface area (Å²) in [4.78, 5) is 37.4.